The molecule has 0 unspecified atom stereocenters. The third-order valence-electron chi connectivity index (χ3n) is 4.96. The predicted octanol–water partition coefficient (Wildman–Crippen LogP) is 2.37. The third-order valence-corrected chi connectivity index (χ3v) is 4.96. The van der Waals surface area contributed by atoms with Gasteiger partial charge in [-0.2, -0.15) is 8.78 Å². The van der Waals surface area contributed by atoms with Gasteiger partial charge in [0.15, 0.2) is 0 Å². The highest BCUT2D eigenvalue weighted by atomic mass is 19.3. The van der Waals surface area contributed by atoms with E-state index in [2.05, 4.69) is 15.6 Å². The highest BCUT2D eigenvalue weighted by Gasteiger charge is 2.41. The zero-order valence-electron chi connectivity index (χ0n) is 17.8. The van der Waals surface area contributed by atoms with E-state index in [1.807, 2.05) is 0 Å². The van der Waals surface area contributed by atoms with Crippen LogP contribution in [-0.4, -0.2) is 53.8 Å². The number of amides is 3. The Bertz CT molecular complexity index is 1130. The molecular formula is C22H19F4N3O6. The molecule has 0 saturated carbocycles. The fraction of sp³-hybridized carbons (Fsp3) is 0.273. The molecule has 9 nitrogen and oxygen atoms in total. The quantitative estimate of drug-likeness (QED) is 0.262. The predicted molar refractivity (Wildman–Crippen MR) is 112 cm³/mol. The van der Waals surface area contributed by atoms with Gasteiger partial charge >= 0.3 is 18.3 Å². The first kappa shape index (κ1) is 25.8. The van der Waals surface area contributed by atoms with Crippen LogP contribution < -0.4 is 15.8 Å². The second-order valence-electron chi connectivity index (χ2n) is 7.53. The fourth-order valence-electron chi connectivity index (χ4n) is 3.14. The van der Waals surface area contributed by atoms with Crippen LogP contribution in [0.2, 0.25) is 0 Å². The molecule has 0 aromatic heterocycles. The average Bonchev–Trinajstić information content (AvgIpc) is 3.10. The van der Waals surface area contributed by atoms with Gasteiger partial charge in [0.05, 0.1) is 24.3 Å². The summed E-state index contributed by atoms with van der Waals surface area (Å²) in [6.07, 6.45) is -4.12. The van der Waals surface area contributed by atoms with E-state index < -0.39 is 48.7 Å². The van der Waals surface area contributed by atoms with E-state index in [4.69, 9.17) is 5.11 Å². The Balaban J connectivity index is 1.54. The summed E-state index contributed by atoms with van der Waals surface area (Å²) < 4.78 is 54.5. The third kappa shape index (κ3) is 6.19. The highest BCUT2D eigenvalue weighted by molar-refractivity contribution is 6.22. The number of ether oxygens (including phenoxy) is 1. The number of imide groups is 1. The molecule has 3 amide bonds. The lowest BCUT2D eigenvalue weighted by molar-refractivity contribution is -0.168. The first-order valence-electron chi connectivity index (χ1n) is 10.1. The van der Waals surface area contributed by atoms with Crippen LogP contribution in [0.25, 0.3) is 0 Å². The van der Waals surface area contributed by atoms with Gasteiger partial charge < -0.3 is 9.84 Å². The minimum Gasteiger partial charge on any atom is -0.478 e. The van der Waals surface area contributed by atoms with Crippen LogP contribution in [0.3, 0.4) is 0 Å². The van der Waals surface area contributed by atoms with Crippen LogP contribution in [-0.2, 0) is 20.9 Å². The van der Waals surface area contributed by atoms with E-state index in [9.17, 15) is 36.7 Å². The number of nitrogens with one attached hydrogen (secondary N) is 2. The topological polar surface area (TPSA) is 125 Å². The van der Waals surface area contributed by atoms with Crippen molar-refractivity contribution in [1.29, 1.82) is 0 Å². The highest BCUT2D eigenvalue weighted by Crippen LogP contribution is 2.24. The number of anilines is 1. The normalized spacial score (nSPS) is 16.1. The van der Waals surface area contributed by atoms with Gasteiger partial charge in [0, 0.05) is 5.56 Å². The van der Waals surface area contributed by atoms with Crippen LogP contribution in [0, 0.1) is 0 Å². The summed E-state index contributed by atoms with van der Waals surface area (Å²) in [7, 11) is 0. The van der Waals surface area contributed by atoms with E-state index in [1.165, 1.54) is 48.5 Å². The molecule has 1 heterocycles. The Morgan fingerprint density at radius 2 is 1.80 bits per heavy atom. The maximum absolute atomic E-state index is 12.8. The summed E-state index contributed by atoms with van der Waals surface area (Å²) >= 11 is 0. The Morgan fingerprint density at radius 3 is 2.43 bits per heavy atom. The molecule has 1 aliphatic rings. The molecule has 1 saturated heterocycles. The summed E-state index contributed by atoms with van der Waals surface area (Å²) in [5.41, 5.74) is 5.20. The van der Waals surface area contributed by atoms with Gasteiger partial charge in [-0.3, -0.25) is 19.8 Å². The number of carboxylic acids is 1. The lowest BCUT2D eigenvalue weighted by Gasteiger charge is -2.16. The Morgan fingerprint density at radius 1 is 1.11 bits per heavy atom. The number of hydrogen-bond acceptors (Lipinski definition) is 6. The van der Waals surface area contributed by atoms with Crippen molar-refractivity contribution >= 4 is 29.4 Å². The van der Waals surface area contributed by atoms with Crippen LogP contribution in [0.1, 0.15) is 32.7 Å². The van der Waals surface area contributed by atoms with Crippen molar-refractivity contribution in [3.8, 4) is 0 Å². The Labute approximate surface area is 195 Å². The molecule has 0 spiro atoms. The van der Waals surface area contributed by atoms with Gasteiger partial charge in [0.1, 0.15) is 12.6 Å². The summed E-state index contributed by atoms with van der Waals surface area (Å²) in [4.78, 5) is 49.2. The molecule has 0 aliphatic carbocycles. The largest absolute Gasteiger partial charge is 0.478 e. The lowest BCUT2D eigenvalue weighted by atomic mass is 10.1. The summed E-state index contributed by atoms with van der Waals surface area (Å²) in [5, 5.41) is 9.09. The number of alkyl halides is 4. The van der Waals surface area contributed by atoms with E-state index in [1.54, 1.807) is 0 Å². The zero-order chi connectivity index (χ0) is 25.8. The molecule has 13 heteroatoms. The summed E-state index contributed by atoms with van der Waals surface area (Å²) in [6, 6.07) is 9.59. The molecular weight excluding hydrogens is 478 g/mol. The molecule has 0 bridgehead atoms. The minimum atomic E-state index is -4.26. The second-order valence-corrected chi connectivity index (χ2v) is 7.53. The number of benzene rings is 2. The van der Waals surface area contributed by atoms with Crippen molar-refractivity contribution in [2.75, 3.05) is 11.5 Å². The summed E-state index contributed by atoms with van der Waals surface area (Å²) in [6.45, 7) is -1.83. The number of halogens is 4. The van der Waals surface area contributed by atoms with E-state index in [0.717, 1.165) is 4.90 Å². The van der Waals surface area contributed by atoms with Crippen LogP contribution in [0.5, 0.6) is 0 Å². The maximum atomic E-state index is 12.8. The lowest BCUT2D eigenvalue weighted by Crippen LogP contribution is -2.48. The van der Waals surface area contributed by atoms with Crippen LogP contribution in [0.4, 0.5) is 23.2 Å². The number of hydrazine groups is 1. The van der Waals surface area contributed by atoms with Gasteiger partial charge in [0.25, 0.3) is 11.8 Å². The number of carbonyl (C=O) groups excluding carboxylic acids is 3. The Hall–Kier alpha value is -3.84. The van der Waals surface area contributed by atoms with E-state index in [-0.39, 0.29) is 29.8 Å². The van der Waals surface area contributed by atoms with Crippen LogP contribution >= 0.6 is 0 Å². The monoisotopic (exact) mass is 497 g/mol. The second kappa shape index (κ2) is 10.6. The molecule has 0 radical (unpaired) electrons. The first-order valence-corrected chi connectivity index (χ1v) is 10.1. The van der Waals surface area contributed by atoms with Gasteiger partial charge in [-0.15, -0.1) is 0 Å². The number of aromatic carboxylic acids is 1. The van der Waals surface area contributed by atoms with E-state index >= 15 is 0 Å². The van der Waals surface area contributed by atoms with Crippen molar-refractivity contribution in [2.24, 2.45) is 0 Å². The molecule has 3 rings (SSSR count). The van der Waals surface area contributed by atoms with Crippen molar-refractivity contribution in [1.82, 2.24) is 10.9 Å². The van der Waals surface area contributed by atoms with E-state index in [0.29, 0.717) is 5.56 Å². The number of nitrogens with zero attached hydrogens (tertiary/aromatic N) is 1. The molecule has 1 fully saturated rings. The van der Waals surface area contributed by atoms with Gasteiger partial charge in [0.2, 0.25) is 5.91 Å². The molecule has 186 valence electrons. The van der Waals surface area contributed by atoms with Gasteiger partial charge in [-0.1, -0.05) is 18.2 Å². The molecule has 35 heavy (non-hydrogen) atoms. The van der Waals surface area contributed by atoms with Crippen molar-refractivity contribution < 1.29 is 46.6 Å². The number of carboxylic acid groups (broad SMARTS) is 1. The van der Waals surface area contributed by atoms with Crippen molar-refractivity contribution in [3.63, 3.8) is 0 Å². The van der Waals surface area contributed by atoms with Gasteiger partial charge in [-0.05, 0) is 35.9 Å². The number of hydrogen-bond donors (Lipinski definition) is 3. The molecule has 1 atom stereocenters. The van der Waals surface area contributed by atoms with Crippen LogP contribution in [0.15, 0.2) is 48.5 Å². The Kier molecular flexibility index (Phi) is 7.82. The molecule has 3 N–H and O–H groups in total. The smallest absolute Gasteiger partial charge is 0.335 e. The molecule has 1 aliphatic heterocycles. The van der Waals surface area contributed by atoms with Gasteiger partial charge in [-0.25, -0.2) is 23.9 Å². The minimum absolute atomic E-state index is 0.0830. The standard InChI is InChI=1S/C22H19F4N3O6/c23-21(24)22(25,26)11-35-10-12-4-6-13(7-5-12)18(31)28-27-16-9-17(30)29(19(16)32)15-3-1-2-14(8-15)20(33)34/h1-8,16,21,27H,9-11H2,(H,28,31)(H,33,34)/t16-/m1/s1. The molecule has 2 aromatic rings. The average molecular weight is 497 g/mol. The van der Waals surface area contributed by atoms with Crippen molar-refractivity contribution in [3.05, 3.63) is 65.2 Å². The zero-order valence-corrected chi connectivity index (χ0v) is 17.8. The summed E-state index contributed by atoms with van der Waals surface area (Å²) in [5.74, 6) is -7.44. The maximum Gasteiger partial charge on any atom is 0.335 e. The first-order chi connectivity index (χ1) is 16.5. The SMILES string of the molecule is O=C(O)c1cccc(N2C(=O)C[C@@H](NNC(=O)c3ccc(COCC(F)(F)C(F)F)cc3)C2=O)c1. The number of rotatable bonds is 10. The molecule has 2 aromatic carbocycles. The fourth-order valence-corrected chi connectivity index (χ4v) is 3.14. The van der Waals surface area contributed by atoms with Crippen molar-refractivity contribution in [2.45, 2.75) is 31.4 Å². The number of carbonyl (C=O) groups is 4.